The zero-order valence-corrected chi connectivity index (χ0v) is 14.7. The molecule has 0 radical (unpaired) electrons. The van der Waals surface area contributed by atoms with Crippen LogP contribution in [0.2, 0.25) is 0 Å². The second-order valence-corrected chi connectivity index (χ2v) is 5.89. The van der Waals surface area contributed by atoms with Gasteiger partial charge < -0.3 is 5.32 Å². The number of hydrogen-bond acceptors (Lipinski definition) is 4. The minimum Gasteiger partial charge on any atom is -0.322 e. The van der Waals surface area contributed by atoms with Crippen molar-refractivity contribution >= 4 is 23.7 Å². The van der Waals surface area contributed by atoms with Crippen molar-refractivity contribution in [2.24, 2.45) is 5.10 Å². The number of carbonyl (C=O) groups excluding carboxylic acids is 2. The van der Waals surface area contributed by atoms with Gasteiger partial charge in [-0.3, -0.25) is 14.6 Å². The van der Waals surface area contributed by atoms with Crippen LogP contribution in [0.25, 0.3) is 0 Å². The number of anilines is 1. The Labute approximate surface area is 157 Å². The molecule has 134 valence electrons. The fourth-order valence-electron chi connectivity index (χ4n) is 2.41. The normalized spacial score (nSPS) is 10.6. The van der Waals surface area contributed by atoms with E-state index in [1.807, 2.05) is 25.1 Å². The summed E-state index contributed by atoms with van der Waals surface area (Å²) < 4.78 is 0. The predicted molar refractivity (Wildman–Crippen MR) is 105 cm³/mol. The first kappa shape index (κ1) is 18.0. The van der Waals surface area contributed by atoms with E-state index in [9.17, 15) is 9.59 Å². The number of benzene rings is 2. The molecule has 0 bridgehead atoms. The molecule has 0 aliphatic heterocycles. The van der Waals surface area contributed by atoms with Crippen LogP contribution in [0.4, 0.5) is 5.69 Å². The van der Waals surface area contributed by atoms with Gasteiger partial charge in [0.15, 0.2) is 0 Å². The van der Waals surface area contributed by atoms with E-state index in [1.54, 1.807) is 54.9 Å². The number of pyridine rings is 1. The van der Waals surface area contributed by atoms with Gasteiger partial charge in [0.2, 0.25) is 0 Å². The van der Waals surface area contributed by atoms with Gasteiger partial charge in [-0.05, 0) is 43.3 Å². The molecular formula is C21H18N4O2. The van der Waals surface area contributed by atoms with E-state index in [-0.39, 0.29) is 11.8 Å². The lowest BCUT2D eigenvalue weighted by atomic mass is 10.1. The van der Waals surface area contributed by atoms with Crippen molar-refractivity contribution < 1.29 is 9.59 Å². The highest BCUT2D eigenvalue weighted by Gasteiger charge is 2.09. The molecule has 0 atom stereocenters. The molecule has 3 aromatic rings. The van der Waals surface area contributed by atoms with Crippen LogP contribution in [0.1, 0.15) is 31.8 Å². The van der Waals surface area contributed by atoms with Gasteiger partial charge >= 0.3 is 0 Å². The minimum atomic E-state index is -0.373. The zero-order chi connectivity index (χ0) is 19.1. The summed E-state index contributed by atoms with van der Waals surface area (Å²) >= 11 is 0. The van der Waals surface area contributed by atoms with E-state index in [0.717, 1.165) is 11.1 Å². The number of aryl methyl sites for hydroxylation is 1. The number of aromatic nitrogens is 1. The van der Waals surface area contributed by atoms with Crippen molar-refractivity contribution in [1.82, 2.24) is 10.4 Å². The van der Waals surface area contributed by atoms with Crippen molar-refractivity contribution in [1.29, 1.82) is 0 Å². The summed E-state index contributed by atoms with van der Waals surface area (Å²) in [5.74, 6) is -0.604. The number of hydrogen-bond donors (Lipinski definition) is 2. The van der Waals surface area contributed by atoms with Gasteiger partial charge in [0.1, 0.15) is 0 Å². The fourth-order valence-corrected chi connectivity index (χ4v) is 2.41. The van der Waals surface area contributed by atoms with E-state index >= 15 is 0 Å². The summed E-state index contributed by atoms with van der Waals surface area (Å²) in [6.07, 6.45) is 4.80. The lowest BCUT2D eigenvalue weighted by Gasteiger charge is -2.07. The van der Waals surface area contributed by atoms with Crippen LogP contribution in [0.15, 0.2) is 78.2 Å². The molecule has 1 aromatic heterocycles. The summed E-state index contributed by atoms with van der Waals surface area (Å²) in [6, 6.07) is 17.6. The smallest absolute Gasteiger partial charge is 0.271 e. The summed E-state index contributed by atoms with van der Waals surface area (Å²) in [4.78, 5) is 28.5. The SMILES string of the molecule is Cc1cccc(C(=O)Nc2cccc(C(=O)NN=Cc3cccnc3)c2)c1. The van der Waals surface area contributed by atoms with Crippen LogP contribution in [0, 0.1) is 6.92 Å². The molecule has 6 heteroatoms. The van der Waals surface area contributed by atoms with Crippen LogP contribution in [0.3, 0.4) is 0 Å². The molecule has 2 aromatic carbocycles. The summed E-state index contributed by atoms with van der Waals surface area (Å²) in [5.41, 5.74) is 5.72. The van der Waals surface area contributed by atoms with E-state index in [2.05, 4.69) is 20.8 Å². The molecule has 0 fully saturated rings. The first-order valence-corrected chi connectivity index (χ1v) is 8.33. The third-order valence-corrected chi connectivity index (χ3v) is 3.73. The van der Waals surface area contributed by atoms with E-state index in [4.69, 9.17) is 0 Å². The van der Waals surface area contributed by atoms with Crippen LogP contribution in [-0.2, 0) is 0 Å². The molecule has 0 saturated heterocycles. The Hall–Kier alpha value is -3.80. The minimum absolute atomic E-state index is 0.231. The van der Waals surface area contributed by atoms with Gasteiger partial charge in [0, 0.05) is 34.8 Å². The van der Waals surface area contributed by atoms with Crippen LogP contribution in [0.5, 0.6) is 0 Å². The molecule has 0 unspecified atom stereocenters. The lowest BCUT2D eigenvalue weighted by Crippen LogP contribution is -2.18. The molecule has 0 aliphatic carbocycles. The molecule has 0 saturated carbocycles. The largest absolute Gasteiger partial charge is 0.322 e. The van der Waals surface area contributed by atoms with Crippen LogP contribution >= 0.6 is 0 Å². The Morgan fingerprint density at radius 2 is 1.74 bits per heavy atom. The zero-order valence-electron chi connectivity index (χ0n) is 14.7. The first-order valence-electron chi connectivity index (χ1n) is 8.33. The van der Waals surface area contributed by atoms with Gasteiger partial charge in [-0.25, -0.2) is 5.43 Å². The quantitative estimate of drug-likeness (QED) is 0.541. The maximum atomic E-state index is 12.3. The number of amides is 2. The van der Waals surface area contributed by atoms with Gasteiger partial charge in [-0.15, -0.1) is 0 Å². The highest BCUT2D eigenvalue weighted by molar-refractivity contribution is 6.05. The summed E-state index contributed by atoms with van der Waals surface area (Å²) in [5, 5.41) is 6.71. The summed E-state index contributed by atoms with van der Waals surface area (Å²) in [7, 11) is 0. The average Bonchev–Trinajstić information content (AvgIpc) is 2.69. The second-order valence-electron chi connectivity index (χ2n) is 5.89. The highest BCUT2D eigenvalue weighted by atomic mass is 16.2. The Morgan fingerprint density at radius 3 is 2.48 bits per heavy atom. The number of nitrogens with zero attached hydrogens (tertiary/aromatic N) is 2. The standard InChI is InChI=1S/C21H18N4O2/c1-15-5-2-7-17(11-15)20(26)24-19-9-3-8-18(12-19)21(27)25-23-14-16-6-4-10-22-13-16/h2-14H,1H3,(H,24,26)(H,25,27). The molecule has 27 heavy (non-hydrogen) atoms. The third kappa shape index (κ3) is 5.09. The number of rotatable bonds is 5. The van der Waals surface area contributed by atoms with Crippen molar-refractivity contribution in [3.05, 3.63) is 95.3 Å². The van der Waals surface area contributed by atoms with E-state index in [1.165, 1.54) is 6.21 Å². The highest BCUT2D eigenvalue weighted by Crippen LogP contribution is 2.13. The Morgan fingerprint density at radius 1 is 0.963 bits per heavy atom. The monoisotopic (exact) mass is 358 g/mol. The Kier molecular flexibility index (Phi) is 5.69. The van der Waals surface area contributed by atoms with Gasteiger partial charge in [0.25, 0.3) is 11.8 Å². The maximum Gasteiger partial charge on any atom is 0.271 e. The van der Waals surface area contributed by atoms with Gasteiger partial charge in [0.05, 0.1) is 6.21 Å². The second kappa shape index (κ2) is 8.53. The van der Waals surface area contributed by atoms with Gasteiger partial charge in [-0.1, -0.05) is 29.8 Å². The number of nitrogens with one attached hydrogen (secondary N) is 2. The van der Waals surface area contributed by atoms with Crippen molar-refractivity contribution in [2.45, 2.75) is 6.92 Å². The molecule has 3 rings (SSSR count). The molecular weight excluding hydrogens is 340 g/mol. The summed E-state index contributed by atoms with van der Waals surface area (Å²) in [6.45, 7) is 1.92. The molecule has 0 spiro atoms. The molecule has 2 N–H and O–H groups in total. The first-order chi connectivity index (χ1) is 13.1. The molecule has 2 amide bonds. The lowest BCUT2D eigenvalue weighted by molar-refractivity contribution is 0.0953. The van der Waals surface area contributed by atoms with Crippen molar-refractivity contribution in [3.8, 4) is 0 Å². The third-order valence-electron chi connectivity index (χ3n) is 3.73. The van der Waals surface area contributed by atoms with Gasteiger partial charge in [-0.2, -0.15) is 5.10 Å². The number of hydrazone groups is 1. The molecule has 1 heterocycles. The van der Waals surface area contributed by atoms with E-state index in [0.29, 0.717) is 16.8 Å². The van der Waals surface area contributed by atoms with Crippen LogP contribution in [-0.4, -0.2) is 23.0 Å². The van der Waals surface area contributed by atoms with Crippen LogP contribution < -0.4 is 10.7 Å². The molecule has 0 aliphatic rings. The molecule has 6 nitrogen and oxygen atoms in total. The number of carbonyl (C=O) groups is 2. The fraction of sp³-hybridized carbons (Fsp3) is 0.0476. The van der Waals surface area contributed by atoms with Crippen molar-refractivity contribution in [3.63, 3.8) is 0 Å². The van der Waals surface area contributed by atoms with Crippen molar-refractivity contribution in [2.75, 3.05) is 5.32 Å². The average molecular weight is 358 g/mol. The Bertz CT molecular complexity index is 984. The maximum absolute atomic E-state index is 12.3. The Balaban J connectivity index is 1.65. The predicted octanol–water partition coefficient (Wildman–Crippen LogP) is 3.41. The topological polar surface area (TPSA) is 83.5 Å². The van der Waals surface area contributed by atoms with E-state index < -0.39 is 0 Å².